The van der Waals surface area contributed by atoms with E-state index >= 15 is 0 Å². The number of nitro groups is 1. The number of alkyl halides is 2. The van der Waals surface area contributed by atoms with Gasteiger partial charge >= 0.3 is 0 Å². The van der Waals surface area contributed by atoms with Crippen LogP contribution >= 0.6 is 0 Å². The lowest BCUT2D eigenvalue weighted by atomic mass is 10.1. The molecule has 2 atom stereocenters. The number of methoxy groups -OCH3 is 1. The molecule has 1 fully saturated rings. The van der Waals surface area contributed by atoms with Crippen molar-refractivity contribution in [2.45, 2.75) is 37.8 Å². The molecule has 2 unspecified atom stereocenters. The first-order chi connectivity index (χ1) is 9.52. The number of hydrogen-bond donors (Lipinski definition) is 1. The van der Waals surface area contributed by atoms with Crippen LogP contribution in [0, 0.1) is 10.1 Å². The van der Waals surface area contributed by atoms with Crippen molar-refractivity contribution in [2.75, 3.05) is 12.4 Å². The molecule has 0 saturated heterocycles. The van der Waals surface area contributed by atoms with Gasteiger partial charge in [0.15, 0.2) is 0 Å². The van der Waals surface area contributed by atoms with Gasteiger partial charge in [-0.3, -0.25) is 10.1 Å². The number of rotatable bonds is 5. The first kappa shape index (κ1) is 14.6. The van der Waals surface area contributed by atoms with Crippen molar-refractivity contribution < 1.29 is 18.4 Å². The summed E-state index contributed by atoms with van der Waals surface area (Å²) in [4.78, 5) is 9.97. The fourth-order valence-electron chi connectivity index (χ4n) is 2.55. The minimum atomic E-state index is -2.76. The van der Waals surface area contributed by atoms with E-state index in [-0.39, 0.29) is 29.1 Å². The van der Waals surface area contributed by atoms with Gasteiger partial charge in [-0.25, -0.2) is 8.78 Å². The van der Waals surface area contributed by atoms with E-state index in [1.165, 1.54) is 12.1 Å². The monoisotopic (exact) mass is 286 g/mol. The van der Waals surface area contributed by atoms with Gasteiger partial charge in [0.25, 0.3) is 12.1 Å². The predicted molar refractivity (Wildman–Crippen MR) is 70.1 cm³/mol. The molecule has 0 amide bonds. The summed E-state index contributed by atoms with van der Waals surface area (Å²) in [6, 6.07) is 3.44. The fraction of sp³-hybridized carbons (Fsp3) is 0.538. The lowest BCUT2D eigenvalue weighted by Gasteiger charge is -2.22. The van der Waals surface area contributed by atoms with E-state index in [2.05, 4.69) is 5.32 Å². The molecule has 110 valence electrons. The molecule has 0 aliphatic heterocycles. The zero-order valence-electron chi connectivity index (χ0n) is 11.0. The van der Waals surface area contributed by atoms with E-state index in [0.717, 1.165) is 25.3 Å². The van der Waals surface area contributed by atoms with Crippen molar-refractivity contribution in [3.05, 3.63) is 33.9 Å². The third-order valence-corrected chi connectivity index (χ3v) is 3.58. The highest BCUT2D eigenvalue weighted by Gasteiger charge is 2.28. The Morgan fingerprint density at radius 2 is 2.20 bits per heavy atom. The quantitative estimate of drug-likeness (QED) is 0.664. The number of nitrogens with zero attached hydrogens (tertiary/aromatic N) is 1. The van der Waals surface area contributed by atoms with Crippen LogP contribution < -0.4 is 5.32 Å². The molecule has 20 heavy (non-hydrogen) atoms. The fourth-order valence-corrected chi connectivity index (χ4v) is 2.55. The molecule has 7 heteroatoms. The van der Waals surface area contributed by atoms with Crippen LogP contribution in [0.2, 0.25) is 0 Å². The van der Waals surface area contributed by atoms with Gasteiger partial charge < -0.3 is 10.1 Å². The molecular formula is C13H16F2N2O3. The summed E-state index contributed by atoms with van der Waals surface area (Å²) in [7, 11) is 1.59. The van der Waals surface area contributed by atoms with Gasteiger partial charge in [-0.1, -0.05) is 0 Å². The van der Waals surface area contributed by atoms with Gasteiger partial charge in [-0.2, -0.15) is 0 Å². The standard InChI is InChI=1S/C13H16F2N2O3/c1-20-12-4-2-3-11(12)16-10-6-5-8(17(18)19)7-9(10)13(14)15/h5-7,11-13,16H,2-4H2,1H3. The normalized spacial score (nSPS) is 22.2. The van der Waals surface area contributed by atoms with Crippen molar-refractivity contribution >= 4 is 11.4 Å². The van der Waals surface area contributed by atoms with Gasteiger partial charge in [-0.05, 0) is 25.3 Å². The van der Waals surface area contributed by atoms with Gasteiger partial charge in [0.2, 0.25) is 0 Å². The average Bonchev–Trinajstić information content (AvgIpc) is 2.85. The van der Waals surface area contributed by atoms with Crippen LogP contribution in [0.5, 0.6) is 0 Å². The number of hydrogen-bond acceptors (Lipinski definition) is 4. The SMILES string of the molecule is COC1CCCC1Nc1ccc([N+](=O)[O-])cc1C(F)F. The number of ether oxygens (including phenoxy) is 1. The minimum Gasteiger partial charge on any atom is -0.379 e. The Morgan fingerprint density at radius 1 is 1.45 bits per heavy atom. The van der Waals surface area contributed by atoms with Gasteiger partial charge in [0.1, 0.15) is 0 Å². The molecule has 1 aliphatic rings. The summed E-state index contributed by atoms with van der Waals surface area (Å²) < 4.78 is 31.4. The molecule has 0 spiro atoms. The smallest absolute Gasteiger partial charge is 0.270 e. The van der Waals surface area contributed by atoms with Crippen molar-refractivity contribution in [1.82, 2.24) is 0 Å². The highest BCUT2D eigenvalue weighted by Crippen LogP contribution is 2.33. The van der Waals surface area contributed by atoms with Crippen molar-refractivity contribution in [3.63, 3.8) is 0 Å². The van der Waals surface area contributed by atoms with Crippen LogP contribution in [-0.4, -0.2) is 24.2 Å². The van der Waals surface area contributed by atoms with Crippen molar-refractivity contribution in [2.24, 2.45) is 0 Å². The first-order valence-electron chi connectivity index (χ1n) is 6.38. The van der Waals surface area contributed by atoms with Crippen LogP contribution in [0.25, 0.3) is 0 Å². The summed E-state index contributed by atoms with van der Waals surface area (Å²) in [6.07, 6.45) is -0.105. The number of anilines is 1. The number of benzene rings is 1. The largest absolute Gasteiger partial charge is 0.379 e. The highest BCUT2D eigenvalue weighted by molar-refractivity contribution is 5.57. The molecule has 1 aromatic rings. The second-order valence-electron chi connectivity index (χ2n) is 4.79. The lowest BCUT2D eigenvalue weighted by Crippen LogP contribution is -2.30. The molecule has 1 aromatic carbocycles. The van der Waals surface area contributed by atoms with Gasteiger partial charge in [0, 0.05) is 30.5 Å². The Hall–Kier alpha value is -1.76. The summed E-state index contributed by atoms with van der Waals surface area (Å²) in [5, 5.41) is 13.7. The van der Waals surface area contributed by atoms with Crippen LogP contribution in [0.1, 0.15) is 31.3 Å². The highest BCUT2D eigenvalue weighted by atomic mass is 19.3. The maximum atomic E-state index is 13.0. The Labute approximate surface area is 115 Å². The zero-order valence-corrected chi connectivity index (χ0v) is 11.0. The number of nitrogens with one attached hydrogen (secondary N) is 1. The Morgan fingerprint density at radius 3 is 2.80 bits per heavy atom. The molecule has 1 saturated carbocycles. The summed E-state index contributed by atoms with van der Waals surface area (Å²) in [5.74, 6) is 0. The van der Waals surface area contributed by atoms with Crippen LogP contribution in [0.4, 0.5) is 20.2 Å². The Bertz CT molecular complexity index is 497. The molecule has 0 aromatic heterocycles. The van der Waals surface area contributed by atoms with E-state index in [4.69, 9.17) is 4.74 Å². The third kappa shape index (κ3) is 3.04. The summed E-state index contributed by atoms with van der Waals surface area (Å²) >= 11 is 0. The molecule has 0 bridgehead atoms. The van der Waals surface area contributed by atoms with E-state index in [9.17, 15) is 18.9 Å². The number of halogens is 2. The molecule has 5 nitrogen and oxygen atoms in total. The molecule has 0 heterocycles. The van der Waals surface area contributed by atoms with E-state index < -0.39 is 11.3 Å². The lowest BCUT2D eigenvalue weighted by molar-refractivity contribution is -0.385. The number of non-ortho nitro benzene ring substituents is 1. The molecular weight excluding hydrogens is 270 g/mol. The second-order valence-corrected chi connectivity index (χ2v) is 4.79. The summed E-state index contributed by atoms with van der Waals surface area (Å²) in [5.41, 5.74) is -0.443. The molecule has 1 N–H and O–H groups in total. The Balaban J connectivity index is 2.24. The molecule has 2 rings (SSSR count). The van der Waals surface area contributed by atoms with Crippen molar-refractivity contribution in [1.29, 1.82) is 0 Å². The van der Waals surface area contributed by atoms with E-state index in [0.29, 0.717) is 0 Å². The first-order valence-corrected chi connectivity index (χ1v) is 6.38. The average molecular weight is 286 g/mol. The van der Waals surface area contributed by atoms with E-state index in [1.54, 1.807) is 7.11 Å². The van der Waals surface area contributed by atoms with Crippen LogP contribution in [0.15, 0.2) is 18.2 Å². The molecule has 0 radical (unpaired) electrons. The summed E-state index contributed by atoms with van der Waals surface area (Å²) in [6.45, 7) is 0. The maximum Gasteiger partial charge on any atom is 0.270 e. The van der Waals surface area contributed by atoms with E-state index in [1.807, 2.05) is 0 Å². The third-order valence-electron chi connectivity index (χ3n) is 3.58. The van der Waals surface area contributed by atoms with Crippen molar-refractivity contribution in [3.8, 4) is 0 Å². The van der Waals surface area contributed by atoms with Crippen LogP contribution in [0.3, 0.4) is 0 Å². The van der Waals surface area contributed by atoms with Gasteiger partial charge in [0.05, 0.1) is 17.1 Å². The Kier molecular flexibility index (Phi) is 4.49. The maximum absolute atomic E-state index is 13.0. The topological polar surface area (TPSA) is 64.4 Å². The predicted octanol–water partition coefficient (Wildman–Crippen LogP) is 3.51. The number of nitro benzene ring substituents is 1. The zero-order chi connectivity index (χ0) is 14.7. The minimum absolute atomic E-state index is 0.0179. The second kappa shape index (κ2) is 6.13. The van der Waals surface area contributed by atoms with Gasteiger partial charge in [-0.15, -0.1) is 0 Å². The molecule has 1 aliphatic carbocycles. The van der Waals surface area contributed by atoms with Crippen LogP contribution in [-0.2, 0) is 4.74 Å².